The fraction of sp³-hybridized carbons (Fsp3) is 0.435. The molecule has 1 fully saturated rings. The van der Waals surface area contributed by atoms with Crippen LogP contribution in [-0.2, 0) is 12.8 Å². The van der Waals surface area contributed by atoms with Crippen molar-refractivity contribution in [2.45, 2.75) is 38.5 Å². The zero-order valence-corrected chi connectivity index (χ0v) is 18.4. The van der Waals surface area contributed by atoms with Crippen LogP contribution in [0.4, 0.5) is 17.2 Å². The Labute approximate surface area is 186 Å². The van der Waals surface area contributed by atoms with Crippen molar-refractivity contribution in [2.75, 3.05) is 37.3 Å². The number of aromatic nitrogens is 2. The molecule has 7 nitrogen and oxygen atoms in total. The highest BCUT2D eigenvalue weighted by atomic mass is 32.1. The van der Waals surface area contributed by atoms with Crippen molar-refractivity contribution in [1.29, 1.82) is 5.41 Å². The highest BCUT2D eigenvalue weighted by molar-refractivity contribution is 7.19. The molecule has 0 atom stereocenters. The van der Waals surface area contributed by atoms with Crippen LogP contribution < -0.4 is 15.8 Å². The molecule has 0 unspecified atom stereocenters. The number of hydrogen-bond donors (Lipinski definition) is 3. The number of hydrogen-bond acceptors (Lipinski definition) is 8. The fourth-order valence-corrected chi connectivity index (χ4v) is 5.79. The van der Waals surface area contributed by atoms with Gasteiger partial charge in [-0.2, -0.15) is 0 Å². The van der Waals surface area contributed by atoms with Gasteiger partial charge in [0.2, 0.25) is 0 Å². The number of fused-ring (bicyclic) bond motifs is 3. The van der Waals surface area contributed by atoms with Crippen LogP contribution in [0.1, 0.15) is 41.7 Å². The molecule has 2 aliphatic rings. The standard InChI is InChI=1S/C23H28N6OS/c24-13-15-11-18(19(12-17(15)25)30-10-9-29-7-3-4-8-29)28-22-21-16-5-1-2-6-20(16)31-23(21)27-14-26-22/h11-14,24H,1-10,25H2,(H,26,27,28). The molecular weight excluding hydrogens is 408 g/mol. The normalized spacial score (nSPS) is 16.4. The summed E-state index contributed by atoms with van der Waals surface area (Å²) in [5, 5.41) is 12.3. The molecule has 1 aliphatic heterocycles. The van der Waals surface area contributed by atoms with Gasteiger partial charge in [0.1, 0.15) is 29.3 Å². The predicted octanol–water partition coefficient (Wildman–Crippen LogP) is 4.37. The molecule has 8 heteroatoms. The molecular formula is C23H28N6OS. The summed E-state index contributed by atoms with van der Waals surface area (Å²) in [5.74, 6) is 1.49. The molecule has 0 bridgehead atoms. The number of nitrogens with two attached hydrogens (primary N) is 1. The lowest BCUT2D eigenvalue weighted by Crippen LogP contribution is -2.25. The van der Waals surface area contributed by atoms with Gasteiger partial charge in [-0.3, -0.25) is 4.90 Å². The van der Waals surface area contributed by atoms with Gasteiger partial charge in [-0.15, -0.1) is 11.3 Å². The van der Waals surface area contributed by atoms with E-state index in [4.69, 9.17) is 15.9 Å². The molecule has 162 valence electrons. The molecule has 1 aromatic carbocycles. The van der Waals surface area contributed by atoms with Gasteiger partial charge in [-0.25, -0.2) is 9.97 Å². The third-order valence-corrected chi connectivity index (χ3v) is 7.41. The van der Waals surface area contributed by atoms with Gasteiger partial charge in [-0.1, -0.05) is 0 Å². The van der Waals surface area contributed by atoms with Gasteiger partial charge in [0, 0.05) is 35.0 Å². The number of thiophene rings is 1. The first kappa shape index (κ1) is 20.2. The zero-order chi connectivity index (χ0) is 21.2. The number of aryl methyl sites for hydroxylation is 2. The lowest BCUT2D eigenvalue weighted by Gasteiger charge is -2.18. The van der Waals surface area contributed by atoms with Gasteiger partial charge in [-0.05, 0) is 63.2 Å². The van der Waals surface area contributed by atoms with Crippen molar-refractivity contribution in [3.63, 3.8) is 0 Å². The lowest BCUT2D eigenvalue weighted by molar-refractivity contribution is 0.238. The van der Waals surface area contributed by atoms with Crippen molar-refractivity contribution < 1.29 is 4.74 Å². The third-order valence-electron chi connectivity index (χ3n) is 6.21. The Balaban J connectivity index is 1.46. The maximum Gasteiger partial charge on any atom is 0.144 e. The first-order chi connectivity index (χ1) is 15.2. The van der Waals surface area contributed by atoms with Crippen LogP contribution in [0.2, 0.25) is 0 Å². The van der Waals surface area contributed by atoms with Crippen LogP contribution >= 0.6 is 11.3 Å². The first-order valence-electron chi connectivity index (χ1n) is 11.0. The van der Waals surface area contributed by atoms with Crippen molar-refractivity contribution in [3.05, 3.63) is 34.5 Å². The minimum absolute atomic E-state index is 0.539. The van der Waals surface area contributed by atoms with Gasteiger partial charge in [0.05, 0.1) is 11.1 Å². The molecule has 0 radical (unpaired) electrons. The fourth-order valence-electron chi connectivity index (χ4n) is 4.56. The van der Waals surface area contributed by atoms with E-state index in [1.165, 1.54) is 42.3 Å². The summed E-state index contributed by atoms with van der Waals surface area (Å²) in [6.45, 7) is 3.80. The summed E-state index contributed by atoms with van der Waals surface area (Å²) in [4.78, 5) is 14.0. The molecule has 1 saturated heterocycles. The zero-order valence-electron chi connectivity index (χ0n) is 17.6. The second kappa shape index (κ2) is 8.80. The highest BCUT2D eigenvalue weighted by Crippen LogP contribution is 2.40. The molecule has 3 heterocycles. The number of likely N-dealkylation sites (tertiary alicyclic amines) is 1. The Morgan fingerprint density at radius 3 is 2.84 bits per heavy atom. The number of ether oxygens (including phenoxy) is 1. The molecule has 0 saturated carbocycles. The Kier molecular flexibility index (Phi) is 5.74. The quantitative estimate of drug-likeness (QED) is 0.376. The largest absolute Gasteiger partial charge is 0.490 e. The minimum atomic E-state index is 0.539. The maximum absolute atomic E-state index is 7.71. The van der Waals surface area contributed by atoms with Crippen LogP contribution in [0.3, 0.4) is 0 Å². The Bertz CT molecular complexity index is 1110. The Morgan fingerprint density at radius 1 is 1.16 bits per heavy atom. The van der Waals surface area contributed by atoms with Crippen molar-refractivity contribution in [3.8, 4) is 5.75 Å². The van der Waals surface area contributed by atoms with Crippen molar-refractivity contribution >= 4 is 45.0 Å². The molecule has 5 rings (SSSR count). The summed E-state index contributed by atoms with van der Waals surface area (Å²) in [6.07, 6.45) is 10.1. The third kappa shape index (κ3) is 4.09. The molecule has 0 spiro atoms. The average molecular weight is 437 g/mol. The number of nitrogens with one attached hydrogen (secondary N) is 2. The molecule has 3 aromatic rings. The minimum Gasteiger partial charge on any atom is -0.490 e. The number of nitrogens with zero attached hydrogens (tertiary/aromatic N) is 3. The van der Waals surface area contributed by atoms with E-state index >= 15 is 0 Å². The Hall–Kier alpha value is -2.71. The first-order valence-corrected chi connectivity index (χ1v) is 11.9. The predicted molar refractivity (Wildman–Crippen MR) is 127 cm³/mol. The number of rotatable bonds is 7. The van der Waals surface area contributed by atoms with Crippen LogP contribution in [0.5, 0.6) is 5.75 Å². The summed E-state index contributed by atoms with van der Waals surface area (Å²) < 4.78 is 6.16. The number of nitrogen functional groups attached to an aromatic ring is 1. The second-order valence-electron chi connectivity index (χ2n) is 8.26. The smallest absolute Gasteiger partial charge is 0.144 e. The van der Waals surface area contributed by atoms with E-state index in [2.05, 4.69) is 20.2 Å². The summed E-state index contributed by atoms with van der Waals surface area (Å²) >= 11 is 1.78. The molecule has 2 aromatic heterocycles. The topological polar surface area (TPSA) is 100 Å². The van der Waals surface area contributed by atoms with E-state index in [1.807, 2.05) is 12.1 Å². The second-order valence-corrected chi connectivity index (χ2v) is 9.34. The van der Waals surface area contributed by atoms with E-state index in [-0.39, 0.29) is 0 Å². The van der Waals surface area contributed by atoms with E-state index in [0.717, 1.165) is 54.2 Å². The SMILES string of the molecule is N=Cc1cc(Nc2ncnc3sc4c(c23)CCCC4)c(OCCN2CCCC2)cc1N. The Morgan fingerprint density at radius 2 is 2.00 bits per heavy atom. The summed E-state index contributed by atoms with van der Waals surface area (Å²) in [7, 11) is 0. The van der Waals surface area contributed by atoms with Crippen LogP contribution in [0.25, 0.3) is 10.2 Å². The monoisotopic (exact) mass is 436 g/mol. The van der Waals surface area contributed by atoms with Crippen LogP contribution in [0, 0.1) is 5.41 Å². The van der Waals surface area contributed by atoms with Crippen molar-refractivity contribution in [1.82, 2.24) is 14.9 Å². The van der Waals surface area contributed by atoms with Gasteiger partial charge >= 0.3 is 0 Å². The van der Waals surface area contributed by atoms with Gasteiger partial charge < -0.3 is 21.2 Å². The molecule has 4 N–H and O–H groups in total. The van der Waals surface area contributed by atoms with E-state index in [0.29, 0.717) is 23.6 Å². The maximum atomic E-state index is 7.71. The molecule has 0 amide bonds. The average Bonchev–Trinajstić information content (AvgIpc) is 3.43. The molecule has 1 aliphatic carbocycles. The van der Waals surface area contributed by atoms with Gasteiger partial charge in [0.15, 0.2) is 0 Å². The summed E-state index contributed by atoms with van der Waals surface area (Å²) in [6, 6.07) is 3.69. The van der Waals surface area contributed by atoms with E-state index in [9.17, 15) is 0 Å². The van der Waals surface area contributed by atoms with Crippen LogP contribution in [-0.4, -0.2) is 47.3 Å². The number of benzene rings is 1. The van der Waals surface area contributed by atoms with E-state index in [1.54, 1.807) is 17.7 Å². The van der Waals surface area contributed by atoms with E-state index < -0.39 is 0 Å². The summed E-state index contributed by atoms with van der Waals surface area (Å²) in [5.41, 5.74) is 9.52. The van der Waals surface area contributed by atoms with Crippen molar-refractivity contribution in [2.24, 2.45) is 0 Å². The van der Waals surface area contributed by atoms with Crippen LogP contribution in [0.15, 0.2) is 18.5 Å². The molecule has 31 heavy (non-hydrogen) atoms. The lowest BCUT2D eigenvalue weighted by atomic mass is 9.97. The highest BCUT2D eigenvalue weighted by Gasteiger charge is 2.21. The van der Waals surface area contributed by atoms with Gasteiger partial charge in [0.25, 0.3) is 0 Å². The number of anilines is 3.